The summed E-state index contributed by atoms with van der Waals surface area (Å²) in [4.78, 5) is 17.0. The third kappa shape index (κ3) is 3.27. The molecule has 0 aliphatic carbocycles. The van der Waals surface area contributed by atoms with Crippen molar-refractivity contribution in [2.24, 2.45) is 0 Å². The summed E-state index contributed by atoms with van der Waals surface area (Å²) in [6.45, 7) is 6.06. The summed E-state index contributed by atoms with van der Waals surface area (Å²) in [6, 6.07) is 6.07. The van der Waals surface area contributed by atoms with Crippen LogP contribution in [0.1, 0.15) is 16.3 Å². The van der Waals surface area contributed by atoms with Gasteiger partial charge in [0, 0.05) is 35.9 Å². The van der Waals surface area contributed by atoms with Crippen molar-refractivity contribution >= 4 is 11.3 Å². The molecule has 0 aliphatic rings. The highest BCUT2D eigenvalue weighted by atomic mass is 32.1. The fraction of sp³-hybridized carbons (Fsp3) is 0.385. The van der Waals surface area contributed by atoms with Crippen LogP contribution in [0.15, 0.2) is 28.4 Å². The molecule has 96 valence electrons. The van der Waals surface area contributed by atoms with E-state index in [0.29, 0.717) is 6.54 Å². The largest absolute Gasteiger partial charge is 0.347 e. The van der Waals surface area contributed by atoms with Crippen LogP contribution < -0.4 is 11.0 Å². The number of hydrogen-bond acceptors (Lipinski definition) is 4. The Kier molecular flexibility index (Phi) is 4.28. The number of nitrogens with one attached hydrogen (secondary N) is 1. The van der Waals surface area contributed by atoms with E-state index in [1.54, 1.807) is 15.9 Å². The van der Waals surface area contributed by atoms with Crippen LogP contribution in [0.25, 0.3) is 0 Å². The van der Waals surface area contributed by atoms with Gasteiger partial charge < -0.3 is 5.32 Å². The van der Waals surface area contributed by atoms with Crippen LogP contribution in [0, 0.1) is 13.8 Å². The van der Waals surface area contributed by atoms with E-state index >= 15 is 0 Å². The maximum Gasteiger partial charge on any atom is 0.347 e. The highest BCUT2D eigenvalue weighted by molar-refractivity contribution is 7.09. The van der Waals surface area contributed by atoms with Crippen LogP contribution in [0.2, 0.25) is 0 Å². The third-order valence-electron chi connectivity index (χ3n) is 2.74. The molecule has 2 heterocycles. The molecule has 0 bridgehead atoms. The monoisotopic (exact) mass is 263 g/mol. The molecule has 2 aromatic heterocycles. The molecule has 0 aliphatic heterocycles. The Morgan fingerprint density at radius 3 is 2.94 bits per heavy atom. The molecule has 0 saturated heterocycles. The molecule has 2 aromatic rings. The lowest BCUT2D eigenvalue weighted by molar-refractivity contribution is 0.565. The highest BCUT2D eigenvalue weighted by Gasteiger charge is 2.02. The van der Waals surface area contributed by atoms with Gasteiger partial charge in [-0.2, -0.15) is 4.98 Å². The number of thiophene rings is 1. The smallest absolute Gasteiger partial charge is 0.310 e. The van der Waals surface area contributed by atoms with Gasteiger partial charge in [0.15, 0.2) is 0 Å². The van der Waals surface area contributed by atoms with Crippen molar-refractivity contribution in [3.05, 3.63) is 50.3 Å². The van der Waals surface area contributed by atoms with Crippen molar-refractivity contribution in [2.45, 2.75) is 26.9 Å². The van der Waals surface area contributed by atoms with Crippen LogP contribution in [0.4, 0.5) is 0 Å². The van der Waals surface area contributed by atoms with Gasteiger partial charge in [0.2, 0.25) is 0 Å². The third-order valence-corrected chi connectivity index (χ3v) is 3.61. The van der Waals surface area contributed by atoms with Gasteiger partial charge >= 0.3 is 5.69 Å². The highest BCUT2D eigenvalue weighted by Crippen LogP contribution is 2.07. The normalized spacial score (nSPS) is 10.8. The van der Waals surface area contributed by atoms with E-state index in [1.165, 1.54) is 4.88 Å². The number of rotatable bonds is 5. The van der Waals surface area contributed by atoms with E-state index in [4.69, 9.17) is 0 Å². The van der Waals surface area contributed by atoms with Crippen molar-refractivity contribution in [1.82, 2.24) is 14.9 Å². The summed E-state index contributed by atoms with van der Waals surface area (Å²) >= 11 is 1.73. The zero-order valence-electron chi connectivity index (χ0n) is 10.6. The molecule has 0 unspecified atom stereocenters. The van der Waals surface area contributed by atoms with Gasteiger partial charge in [-0.15, -0.1) is 11.3 Å². The SMILES string of the molecule is Cc1cc(C)n(CCNCc2cccs2)c(=O)n1. The number of hydrogen-bond donors (Lipinski definition) is 1. The van der Waals surface area contributed by atoms with Crippen LogP contribution >= 0.6 is 11.3 Å². The van der Waals surface area contributed by atoms with Crippen LogP contribution in [-0.2, 0) is 13.1 Å². The lowest BCUT2D eigenvalue weighted by Gasteiger charge is -2.10. The molecule has 2 rings (SSSR count). The lowest BCUT2D eigenvalue weighted by Crippen LogP contribution is -2.30. The standard InChI is InChI=1S/C13H17N3OS/c1-10-8-11(2)16(13(17)15-10)6-5-14-9-12-4-3-7-18-12/h3-4,7-8,14H,5-6,9H2,1-2H3. The van der Waals surface area contributed by atoms with Crippen molar-refractivity contribution in [3.63, 3.8) is 0 Å². The van der Waals surface area contributed by atoms with Gasteiger partial charge in [-0.05, 0) is 31.4 Å². The molecule has 0 amide bonds. The zero-order valence-corrected chi connectivity index (χ0v) is 11.5. The molecule has 5 heteroatoms. The van der Waals surface area contributed by atoms with Crippen LogP contribution in [0.3, 0.4) is 0 Å². The van der Waals surface area contributed by atoms with Gasteiger partial charge in [0.1, 0.15) is 0 Å². The first kappa shape index (κ1) is 13.0. The number of aromatic nitrogens is 2. The predicted octanol–water partition coefficient (Wildman–Crippen LogP) is 1.71. The summed E-state index contributed by atoms with van der Waals surface area (Å²) in [5.41, 5.74) is 1.58. The van der Waals surface area contributed by atoms with E-state index in [9.17, 15) is 4.79 Å². The minimum Gasteiger partial charge on any atom is -0.310 e. The summed E-state index contributed by atoms with van der Waals surface area (Å²) in [5.74, 6) is 0. The molecule has 0 atom stereocenters. The molecule has 1 N–H and O–H groups in total. The second-order valence-corrected chi connectivity index (χ2v) is 5.26. The first-order valence-corrected chi connectivity index (χ1v) is 6.83. The molecular formula is C13H17N3OS. The average Bonchev–Trinajstić information content (AvgIpc) is 2.79. The molecule has 0 spiro atoms. The molecule has 0 radical (unpaired) electrons. The summed E-state index contributed by atoms with van der Waals surface area (Å²) in [7, 11) is 0. The van der Waals surface area contributed by atoms with Gasteiger partial charge in [0.05, 0.1) is 0 Å². The quantitative estimate of drug-likeness (QED) is 0.835. The second-order valence-electron chi connectivity index (χ2n) is 4.23. The Morgan fingerprint density at radius 1 is 1.44 bits per heavy atom. The van der Waals surface area contributed by atoms with Crippen LogP contribution in [-0.4, -0.2) is 16.1 Å². The van der Waals surface area contributed by atoms with Gasteiger partial charge in [-0.25, -0.2) is 4.79 Å². The number of aryl methyl sites for hydroxylation is 2. The van der Waals surface area contributed by atoms with E-state index in [0.717, 1.165) is 24.5 Å². The summed E-state index contributed by atoms with van der Waals surface area (Å²) < 4.78 is 1.70. The Balaban J connectivity index is 1.89. The molecule has 0 aromatic carbocycles. The van der Waals surface area contributed by atoms with E-state index in [2.05, 4.69) is 21.7 Å². The van der Waals surface area contributed by atoms with Crippen molar-refractivity contribution in [3.8, 4) is 0 Å². The molecule has 0 fully saturated rings. The molecule has 4 nitrogen and oxygen atoms in total. The van der Waals surface area contributed by atoms with Gasteiger partial charge in [0.25, 0.3) is 0 Å². The Hall–Kier alpha value is -1.46. The second kappa shape index (κ2) is 5.93. The number of nitrogens with zero attached hydrogens (tertiary/aromatic N) is 2. The Morgan fingerprint density at radius 2 is 2.28 bits per heavy atom. The minimum absolute atomic E-state index is 0.162. The van der Waals surface area contributed by atoms with E-state index in [1.807, 2.05) is 26.0 Å². The van der Waals surface area contributed by atoms with Crippen LogP contribution in [0.5, 0.6) is 0 Å². The summed E-state index contributed by atoms with van der Waals surface area (Å²) in [5, 5.41) is 5.39. The topological polar surface area (TPSA) is 46.9 Å². The molecular weight excluding hydrogens is 246 g/mol. The maximum absolute atomic E-state index is 11.7. The van der Waals surface area contributed by atoms with E-state index < -0.39 is 0 Å². The first-order chi connectivity index (χ1) is 8.66. The van der Waals surface area contributed by atoms with Gasteiger partial charge in [-0.1, -0.05) is 6.07 Å². The van der Waals surface area contributed by atoms with Crippen molar-refractivity contribution in [2.75, 3.05) is 6.54 Å². The first-order valence-electron chi connectivity index (χ1n) is 5.95. The van der Waals surface area contributed by atoms with Crippen molar-refractivity contribution in [1.29, 1.82) is 0 Å². The lowest BCUT2D eigenvalue weighted by atomic mass is 10.3. The average molecular weight is 263 g/mol. The minimum atomic E-state index is -0.162. The van der Waals surface area contributed by atoms with Crippen molar-refractivity contribution < 1.29 is 0 Å². The zero-order chi connectivity index (χ0) is 13.0. The Bertz CT molecular complexity index is 560. The molecule has 18 heavy (non-hydrogen) atoms. The fourth-order valence-electron chi connectivity index (χ4n) is 1.86. The maximum atomic E-state index is 11.7. The fourth-order valence-corrected chi connectivity index (χ4v) is 2.54. The van der Waals surface area contributed by atoms with Gasteiger partial charge in [-0.3, -0.25) is 4.57 Å². The molecule has 0 saturated carbocycles. The predicted molar refractivity (Wildman–Crippen MR) is 74.0 cm³/mol. The van der Waals surface area contributed by atoms with E-state index in [-0.39, 0.29) is 5.69 Å². The Labute approximate surface area is 110 Å². The summed E-state index contributed by atoms with van der Waals surface area (Å²) in [6.07, 6.45) is 0.